The Morgan fingerprint density at radius 3 is 2.75 bits per heavy atom. The largest absolute Gasteiger partial charge is 0.354 e. The lowest BCUT2D eigenvalue weighted by atomic mass is 10.2. The predicted molar refractivity (Wildman–Crippen MR) is 50.0 cm³/mol. The lowest BCUT2D eigenvalue weighted by molar-refractivity contribution is -0.114. The van der Waals surface area contributed by atoms with Crippen molar-refractivity contribution in [3.63, 3.8) is 0 Å². The highest BCUT2D eigenvalue weighted by molar-refractivity contribution is 7.13. The van der Waals surface area contributed by atoms with Crippen molar-refractivity contribution >= 4 is 23.0 Å². The van der Waals surface area contributed by atoms with Gasteiger partial charge in [0.05, 0.1) is 4.88 Å². The summed E-state index contributed by atoms with van der Waals surface area (Å²) in [4.78, 5) is 11.8. The summed E-state index contributed by atoms with van der Waals surface area (Å²) in [5.41, 5.74) is 1.03. The van der Waals surface area contributed by atoms with Crippen LogP contribution in [0.1, 0.15) is 10.4 Å². The molecule has 0 aliphatic carbocycles. The number of hydrogen-bond acceptors (Lipinski definition) is 3. The van der Waals surface area contributed by atoms with Gasteiger partial charge in [-0.2, -0.15) is 0 Å². The van der Waals surface area contributed by atoms with Crippen molar-refractivity contribution in [1.82, 2.24) is 5.32 Å². The summed E-state index contributed by atoms with van der Waals surface area (Å²) in [6.07, 6.45) is 0. The first-order chi connectivity index (χ1) is 5.66. The molecule has 0 saturated heterocycles. The van der Waals surface area contributed by atoms with Gasteiger partial charge in [-0.25, -0.2) is 0 Å². The average Bonchev–Trinajstić information content (AvgIpc) is 2.48. The van der Waals surface area contributed by atoms with Crippen molar-refractivity contribution in [2.75, 3.05) is 7.05 Å². The summed E-state index contributed by atoms with van der Waals surface area (Å²) in [6, 6.07) is 1.90. The molecule has 0 spiro atoms. The van der Waals surface area contributed by atoms with Gasteiger partial charge in [-0.1, -0.05) is 0 Å². The van der Waals surface area contributed by atoms with E-state index in [2.05, 4.69) is 5.32 Å². The molecule has 0 saturated carbocycles. The molecule has 2 N–H and O–H groups in total. The van der Waals surface area contributed by atoms with Gasteiger partial charge in [0.15, 0.2) is 0 Å². The van der Waals surface area contributed by atoms with Crippen LogP contribution in [0.3, 0.4) is 0 Å². The summed E-state index contributed by atoms with van der Waals surface area (Å²) in [5.74, 6) is -0.333. The maximum Gasteiger partial charge on any atom is 0.270 e. The van der Waals surface area contributed by atoms with E-state index < -0.39 is 0 Å². The smallest absolute Gasteiger partial charge is 0.270 e. The fourth-order valence-corrected chi connectivity index (χ4v) is 1.73. The fourth-order valence-electron chi connectivity index (χ4n) is 0.857. The van der Waals surface area contributed by atoms with Gasteiger partial charge in [0.25, 0.3) is 5.91 Å². The standard InChI is InChI=1S/C8H10N2OS/c1-5-3-4-12-7(5)6(9)8(11)10-2/h3-4,9H,1-2H3,(H,10,11). The van der Waals surface area contributed by atoms with E-state index in [1.165, 1.54) is 18.4 Å². The molecule has 0 radical (unpaired) electrons. The van der Waals surface area contributed by atoms with E-state index in [9.17, 15) is 4.79 Å². The number of nitrogens with one attached hydrogen (secondary N) is 2. The highest BCUT2D eigenvalue weighted by Gasteiger charge is 2.12. The van der Waals surface area contributed by atoms with Crippen molar-refractivity contribution in [1.29, 1.82) is 5.41 Å². The van der Waals surface area contributed by atoms with Crippen LogP contribution < -0.4 is 5.32 Å². The molecular formula is C8H10N2OS. The van der Waals surface area contributed by atoms with Gasteiger partial charge < -0.3 is 5.32 Å². The van der Waals surface area contributed by atoms with Crippen LogP contribution in [0.4, 0.5) is 0 Å². The van der Waals surface area contributed by atoms with Crippen LogP contribution in [-0.4, -0.2) is 18.7 Å². The third-order valence-electron chi connectivity index (χ3n) is 1.54. The minimum Gasteiger partial charge on any atom is -0.354 e. The number of aryl methyl sites for hydroxylation is 1. The fraction of sp³-hybridized carbons (Fsp3) is 0.250. The normalized spacial score (nSPS) is 9.50. The average molecular weight is 182 g/mol. The van der Waals surface area contributed by atoms with Crippen LogP contribution in [0.15, 0.2) is 11.4 Å². The van der Waals surface area contributed by atoms with Gasteiger partial charge in [0.2, 0.25) is 0 Å². The number of thiophene rings is 1. The third kappa shape index (κ3) is 1.53. The topological polar surface area (TPSA) is 53.0 Å². The zero-order chi connectivity index (χ0) is 9.14. The van der Waals surface area contributed by atoms with Crippen LogP contribution >= 0.6 is 11.3 Å². The van der Waals surface area contributed by atoms with E-state index >= 15 is 0 Å². The van der Waals surface area contributed by atoms with E-state index in [0.717, 1.165) is 10.4 Å². The SMILES string of the molecule is CNC(=O)C(=N)c1sccc1C. The Balaban J connectivity index is 2.93. The number of carbonyl (C=O) groups is 1. The van der Waals surface area contributed by atoms with Crippen LogP contribution in [0, 0.1) is 12.3 Å². The van der Waals surface area contributed by atoms with E-state index in [0.29, 0.717) is 0 Å². The maximum atomic E-state index is 11.0. The zero-order valence-corrected chi connectivity index (χ0v) is 7.79. The van der Waals surface area contributed by atoms with Crippen molar-refractivity contribution < 1.29 is 4.79 Å². The third-order valence-corrected chi connectivity index (χ3v) is 2.58. The highest BCUT2D eigenvalue weighted by Crippen LogP contribution is 2.15. The van der Waals surface area contributed by atoms with E-state index in [1.807, 2.05) is 18.4 Å². The van der Waals surface area contributed by atoms with Crippen molar-refractivity contribution in [2.24, 2.45) is 0 Å². The molecule has 3 nitrogen and oxygen atoms in total. The lowest BCUT2D eigenvalue weighted by Gasteiger charge is -1.99. The molecule has 0 aliphatic rings. The number of amides is 1. The van der Waals surface area contributed by atoms with E-state index in [1.54, 1.807) is 0 Å². The second-order valence-corrected chi connectivity index (χ2v) is 3.30. The summed E-state index contributed by atoms with van der Waals surface area (Å²) in [7, 11) is 1.53. The Morgan fingerprint density at radius 1 is 1.67 bits per heavy atom. The minimum atomic E-state index is -0.333. The molecule has 1 aromatic rings. The van der Waals surface area contributed by atoms with Crippen molar-refractivity contribution in [3.8, 4) is 0 Å². The first-order valence-corrected chi connectivity index (χ1v) is 4.40. The van der Waals surface area contributed by atoms with E-state index in [4.69, 9.17) is 5.41 Å². The minimum absolute atomic E-state index is 0.0463. The maximum absolute atomic E-state index is 11.0. The van der Waals surface area contributed by atoms with Crippen LogP contribution in [0.5, 0.6) is 0 Å². The van der Waals surface area contributed by atoms with Gasteiger partial charge in [-0.3, -0.25) is 10.2 Å². The van der Waals surface area contributed by atoms with Crippen molar-refractivity contribution in [2.45, 2.75) is 6.92 Å². The molecule has 1 aromatic heterocycles. The summed E-state index contributed by atoms with van der Waals surface area (Å²) in [6.45, 7) is 1.89. The summed E-state index contributed by atoms with van der Waals surface area (Å²) >= 11 is 1.42. The Labute approximate surface area is 74.9 Å². The molecule has 0 fully saturated rings. The van der Waals surface area contributed by atoms with Crippen LogP contribution in [-0.2, 0) is 4.79 Å². The van der Waals surface area contributed by atoms with Gasteiger partial charge >= 0.3 is 0 Å². The molecule has 0 aromatic carbocycles. The lowest BCUT2D eigenvalue weighted by Crippen LogP contribution is -2.27. The van der Waals surface area contributed by atoms with Crippen LogP contribution in [0.2, 0.25) is 0 Å². The monoisotopic (exact) mass is 182 g/mol. The molecule has 4 heteroatoms. The van der Waals surface area contributed by atoms with E-state index in [-0.39, 0.29) is 11.6 Å². The van der Waals surface area contributed by atoms with Gasteiger partial charge in [0, 0.05) is 7.05 Å². The highest BCUT2D eigenvalue weighted by atomic mass is 32.1. The summed E-state index contributed by atoms with van der Waals surface area (Å²) in [5, 5.41) is 11.8. The quantitative estimate of drug-likeness (QED) is 0.663. The number of rotatable bonds is 2. The Hall–Kier alpha value is -1.16. The number of hydrogen-bond donors (Lipinski definition) is 2. The van der Waals surface area contributed by atoms with Gasteiger partial charge in [-0.05, 0) is 23.9 Å². The molecule has 0 unspecified atom stereocenters. The molecule has 1 heterocycles. The molecule has 12 heavy (non-hydrogen) atoms. The van der Waals surface area contributed by atoms with Crippen LogP contribution in [0.25, 0.3) is 0 Å². The Bertz CT molecular complexity index is 317. The molecule has 1 rings (SSSR count). The number of likely N-dealkylation sites (N-methyl/N-ethyl adjacent to an activating group) is 1. The second kappa shape index (κ2) is 3.49. The molecule has 64 valence electrons. The summed E-state index contributed by atoms with van der Waals surface area (Å²) < 4.78 is 0. The number of carbonyl (C=O) groups excluding carboxylic acids is 1. The molecule has 0 atom stereocenters. The predicted octanol–water partition coefficient (Wildman–Crippen LogP) is 1.17. The Kier molecular flexibility index (Phi) is 2.60. The molecule has 1 amide bonds. The van der Waals surface area contributed by atoms with Gasteiger partial charge in [0.1, 0.15) is 5.71 Å². The first kappa shape index (κ1) is 8.93. The first-order valence-electron chi connectivity index (χ1n) is 3.52. The zero-order valence-electron chi connectivity index (χ0n) is 6.97. The molecular weight excluding hydrogens is 172 g/mol. The second-order valence-electron chi connectivity index (χ2n) is 2.39. The Morgan fingerprint density at radius 2 is 2.33 bits per heavy atom. The van der Waals surface area contributed by atoms with Crippen molar-refractivity contribution in [3.05, 3.63) is 21.9 Å². The molecule has 0 bridgehead atoms. The molecule has 0 aliphatic heterocycles. The van der Waals surface area contributed by atoms with Gasteiger partial charge in [-0.15, -0.1) is 11.3 Å².